The van der Waals surface area contributed by atoms with Gasteiger partial charge in [0.25, 0.3) is 0 Å². The smallest absolute Gasteiger partial charge is 0.164 e. The van der Waals surface area contributed by atoms with Crippen LogP contribution in [0.4, 0.5) is 0 Å². The second kappa shape index (κ2) is 15.8. The number of likely N-dealkylation sites (tertiary alicyclic amines) is 1. The minimum absolute atomic E-state index is 0. The summed E-state index contributed by atoms with van der Waals surface area (Å²) >= 11 is 0. The summed E-state index contributed by atoms with van der Waals surface area (Å²) in [7, 11) is 0. The molecule has 0 spiro atoms. The van der Waals surface area contributed by atoms with Gasteiger partial charge in [-0.25, -0.2) is 0 Å². The molecule has 1 heterocycles. The van der Waals surface area contributed by atoms with Gasteiger partial charge in [-0.05, 0) is 56.6 Å². The minimum atomic E-state index is 0. The van der Waals surface area contributed by atoms with E-state index in [1.807, 2.05) is 24.3 Å². The maximum atomic E-state index is 12.4. The molecule has 0 unspecified atom stereocenters. The van der Waals surface area contributed by atoms with Crippen LogP contribution in [0.15, 0.2) is 24.3 Å². The number of ketones is 1. The Morgan fingerprint density at radius 1 is 0.893 bits per heavy atom. The lowest BCUT2D eigenvalue weighted by molar-refractivity contribution is 0.0958. The van der Waals surface area contributed by atoms with Crippen molar-refractivity contribution in [1.82, 2.24) is 4.90 Å². The van der Waals surface area contributed by atoms with Crippen molar-refractivity contribution in [3.8, 4) is 5.75 Å². The van der Waals surface area contributed by atoms with Crippen LogP contribution in [0.25, 0.3) is 0 Å². The zero-order valence-electron chi connectivity index (χ0n) is 17.8. The molecule has 1 fully saturated rings. The Labute approximate surface area is 178 Å². The number of carbonyl (C=O) groups is 1. The number of rotatable bonds is 14. The average Bonchev–Trinajstić information content (AvgIpc) is 2.72. The molecule has 0 atom stereocenters. The minimum Gasteiger partial charge on any atom is -0.494 e. The molecule has 0 N–H and O–H groups in total. The first-order valence-corrected chi connectivity index (χ1v) is 11.3. The highest BCUT2D eigenvalue weighted by Crippen LogP contribution is 2.16. The first-order chi connectivity index (χ1) is 13.3. The predicted octanol–water partition coefficient (Wildman–Crippen LogP) is 6.69. The van der Waals surface area contributed by atoms with Crippen LogP contribution in [0.2, 0.25) is 0 Å². The fourth-order valence-electron chi connectivity index (χ4n) is 3.75. The molecule has 28 heavy (non-hydrogen) atoms. The van der Waals surface area contributed by atoms with Gasteiger partial charge in [0.05, 0.1) is 6.61 Å². The topological polar surface area (TPSA) is 29.5 Å². The molecule has 3 nitrogen and oxygen atoms in total. The van der Waals surface area contributed by atoms with Crippen LogP contribution in [0.5, 0.6) is 5.75 Å². The van der Waals surface area contributed by atoms with E-state index in [9.17, 15) is 4.79 Å². The van der Waals surface area contributed by atoms with E-state index in [0.717, 1.165) is 44.0 Å². The van der Waals surface area contributed by atoms with Crippen LogP contribution in [-0.2, 0) is 0 Å². The second-order valence-electron chi connectivity index (χ2n) is 7.92. The van der Waals surface area contributed by atoms with Gasteiger partial charge < -0.3 is 9.64 Å². The van der Waals surface area contributed by atoms with Crippen LogP contribution >= 0.6 is 12.4 Å². The zero-order chi connectivity index (χ0) is 19.2. The Bertz CT molecular complexity index is 512. The number of ether oxygens (including phenoxy) is 1. The monoisotopic (exact) mass is 409 g/mol. The lowest BCUT2D eigenvalue weighted by Crippen LogP contribution is -2.31. The molecule has 0 saturated carbocycles. The van der Waals surface area contributed by atoms with Gasteiger partial charge in [-0.1, -0.05) is 58.3 Å². The molecule has 0 aliphatic carbocycles. The molecule has 2 rings (SSSR count). The Hall–Kier alpha value is -1.06. The van der Waals surface area contributed by atoms with E-state index in [1.165, 1.54) is 64.2 Å². The van der Waals surface area contributed by atoms with Gasteiger partial charge in [-0.2, -0.15) is 0 Å². The van der Waals surface area contributed by atoms with Gasteiger partial charge in [0.1, 0.15) is 5.75 Å². The van der Waals surface area contributed by atoms with Crippen molar-refractivity contribution in [3.05, 3.63) is 29.8 Å². The molecule has 1 aliphatic rings. The highest BCUT2D eigenvalue weighted by molar-refractivity contribution is 5.96. The van der Waals surface area contributed by atoms with E-state index in [-0.39, 0.29) is 18.2 Å². The van der Waals surface area contributed by atoms with Crippen LogP contribution in [0.3, 0.4) is 0 Å². The van der Waals surface area contributed by atoms with Crippen LogP contribution < -0.4 is 4.74 Å². The standard InChI is InChI=1S/C24H39NO2.ClH/c1-2-3-4-5-6-7-8-12-21-27-23-15-13-22(14-16-23)24(26)17-20-25-18-10-9-11-19-25;/h13-16H,2-12,17-21H2,1H3;1H. The molecule has 1 aliphatic heterocycles. The van der Waals surface area contributed by atoms with E-state index >= 15 is 0 Å². The summed E-state index contributed by atoms with van der Waals surface area (Å²) in [5, 5.41) is 0. The number of halogens is 1. The predicted molar refractivity (Wildman–Crippen MR) is 121 cm³/mol. The third kappa shape index (κ3) is 10.5. The third-order valence-corrected chi connectivity index (χ3v) is 5.55. The maximum Gasteiger partial charge on any atom is 0.164 e. The average molecular weight is 410 g/mol. The summed E-state index contributed by atoms with van der Waals surface area (Å²) in [6.45, 7) is 6.24. The van der Waals surface area contributed by atoms with Gasteiger partial charge in [0.2, 0.25) is 0 Å². The zero-order valence-corrected chi connectivity index (χ0v) is 18.6. The van der Waals surface area contributed by atoms with Gasteiger partial charge in [-0.15, -0.1) is 12.4 Å². The lowest BCUT2D eigenvalue weighted by Gasteiger charge is -2.25. The quantitative estimate of drug-likeness (QED) is 0.253. The highest BCUT2D eigenvalue weighted by atomic mass is 35.5. The molecular weight excluding hydrogens is 370 g/mol. The molecule has 0 bridgehead atoms. The van der Waals surface area contributed by atoms with Crippen molar-refractivity contribution < 1.29 is 9.53 Å². The molecule has 160 valence electrons. The molecule has 4 heteroatoms. The normalized spacial score (nSPS) is 14.5. The van der Waals surface area contributed by atoms with Crippen molar-refractivity contribution >= 4 is 18.2 Å². The number of carbonyl (C=O) groups excluding carboxylic acids is 1. The van der Waals surface area contributed by atoms with Crippen molar-refractivity contribution in [2.24, 2.45) is 0 Å². The number of piperidine rings is 1. The summed E-state index contributed by atoms with van der Waals surface area (Å²) in [5.41, 5.74) is 0.812. The fourth-order valence-corrected chi connectivity index (χ4v) is 3.75. The van der Waals surface area contributed by atoms with Crippen molar-refractivity contribution in [2.45, 2.75) is 84.0 Å². The number of hydrogen-bond donors (Lipinski definition) is 0. The Balaban J connectivity index is 0.00000392. The number of nitrogens with zero attached hydrogens (tertiary/aromatic N) is 1. The van der Waals surface area contributed by atoms with Crippen LogP contribution in [0, 0.1) is 0 Å². The summed E-state index contributed by atoms with van der Waals surface area (Å²) in [6.07, 6.45) is 15.0. The van der Waals surface area contributed by atoms with Crippen LogP contribution in [-0.4, -0.2) is 36.9 Å². The van der Waals surface area contributed by atoms with E-state index < -0.39 is 0 Å². The number of benzene rings is 1. The number of hydrogen-bond acceptors (Lipinski definition) is 3. The first-order valence-electron chi connectivity index (χ1n) is 11.3. The van der Waals surface area contributed by atoms with Gasteiger partial charge >= 0.3 is 0 Å². The Morgan fingerprint density at radius 3 is 2.14 bits per heavy atom. The molecule has 1 aromatic carbocycles. The third-order valence-electron chi connectivity index (χ3n) is 5.55. The fraction of sp³-hybridized carbons (Fsp3) is 0.708. The summed E-state index contributed by atoms with van der Waals surface area (Å²) < 4.78 is 5.82. The van der Waals surface area contributed by atoms with Gasteiger partial charge in [0.15, 0.2) is 5.78 Å². The summed E-state index contributed by atoms with van der Waals surface area (Å²) in [6, 6.07) is 7.72. The first kappa shape index (κ1) is 25.0. The summed E-state index contributed by atoms with van der Waals surface area (Å²) in [5.74, 6) is 1.13. The summed E-state index contributed by atoms with van der Waals surface area (Å²) in [4.78, 5) is 14.8. The maximum absolute atomic E-state index is 12.4. The SMILES string of the molecule is CCCCCCCCCCOc1ccc(C(=O)CCN2CCCCC2)cc1.Cl. The van der Waals surface area contributed by atoms with E-state index in [0.29, 0.717) is 6.42 Å². The van der Waals surface area contributed by atoms with Crippen LogP contribution in [0.1, 0.15) is 94.3 Å². The van der Waals surface area contributed by atoms with Gasteiger partial charge in [-0.3, -0.25) is 4.79 Å². The largest absolute Gasteiger partial charge is 0.494 e. The van der Waals surface area contributed by atoms with E-state index in [1.54, 1.807) is 0 Å². The van der Waals surface area contributed by atoms with E-state index in [2.05, 4.69) is 11.8 Å². The van der Waals surface area contributed by atoms with E-state index in [4.69, 9.17) is 4.74 Å². The molecule has 0 aromatic heterocycles. The molecular formula is C24H40ClNO2. The lowest BCUT2D eigenvalue weighted by atomic mass is 10.1. The Morgan fingerprint density at radius 2 is 1.50 bits per heavy atom. The Kier molecular flexibility index (Phi) is 14.1. The molecule has 1 saturated heterocycles. The molecule has 0 radical (unpaired) electrons. The second-order valence-corrected chi connectivity index (χ2v) is 7.92. The molecule has 1 aromatic rings. The number of unbranched alkanes of at least 4 members (excludes halogenated alkanes) is 7. The van der Waals surface area contributed by atoms with Crippen molar-refractivity contribution in [2.75, 3.05) is 26.2 Å². The van der Waals surface area contributed by atoms with Crippen molar-refractivity contribution in [3.63, 3.8) is 0 Å². The highest BCUT2D eigenvalue weighted by Gasteiger charge is 2.12. The molecule has 0 amide bonds. The van der Waals surface area contributed by atoms with Crippen molar-refractivity contribution in [1.29, 1.82) is 0 Å². The van der Waals surface area contributed by atoms with Gasteiger partial charge in [0, 0.05) is 18.5 Å². The number of Topliss-reactive ketones (excluding diaryl/α,β-unsaturated/α-hetero) is 1.